The van der Waals surface area contributed by atoms with Crippen LogP contribution in [0.15, 0.2) is 30.7 Å². The zero-order valence-corrected chi connectivity index (χ0v) is 11.6. The van der Waals surface area contributed by atoms with Crippen molar-refractivity contribution in [3.05, 3.63) is 30.7 Å². The maximum atomic E-state index is 12.2. The van der Waals surface area contributed by atoms with Crippen LogP contribution in [-0.2, 0) is 0 Å². The molecule has 120 valence electrons. The topological polar surface area (TPSA) is 104 Å². The first-order chi connectivity index (χ1) is 10.8. The third-order valence-electron chi connectivity index (χ3n) is 2.91. The van der Waals surface area contributed by atoms with E-state index in [0.717, 1.165) is 0 Å². The van der Waals surface area contributed by atoms with Crippen LogP contribution < -0.4 is 16.2 Å². The Balaban J connectivity index is 1.94. The van der Waals surface area contributed by atoms with Gasteiger partial charge in [0.25, 0.3) is 5.88 Å². The molecule has 10 heteroatoms. The molecule has 0 aliphatic carbocycles. The van der Waals surface area contributed by atoms with Crippen molar-refractivity contribution < 1.29 is 17.9 Å². The average molecular weight is 324 g/mol. The maximum Gasteiger partial charge on any atom is 0.422 e. The van der Waals surface area contributed by atoms with Crippen LogP contribution in [0.2, 0.25) is 0 Å². The van der Waals surface area contributed by atoms with E-state index in [1.54, 1.807) is 28.9 Å². The van der Waals surface area contributed by atoms with E-state index < -0.39 is 12.8 Å². The molecule has 0 fully saturated rings. The van der Waals surface area contributed by atoms with Gasteiger partial charge in [-0.1, -0.05) is 0 Å². The van der Waals surface area contributed by atoms with Crippen LogP contribution in [0.3, 0.4) is 0 Å². The first kappa shape index (κ1) is 14.9. The van der Waals surface area contributed by atoms with Crippen molar-refractivity contribution in [3.63, 3.8) is 0 Å². The molecule has 0 spiro atoms. The number of imidazole rings is 1. The fourth-order valence-corrected chi connectivity index (χ4v) is 1.94. The van der Waals surface area contributed by atoms with Crippen molar-refractivity contribution in [2.24, 2.45) is 0 Å². The molecule has 4 N–H and O–H groups in total. The maximum absolute atomic E-state index is 12.2. The molecular formula is C13H11F3N6O. The average Bonchev–Trinajstić information content (AvgIpc) is 2.84. The molecule has 0 saturated heterocycles. The highest BCUT2D eigenvalue weighted by Gasteiger charge is 2.29. The highest BCUT2D eigenvalue weighted by molar-refractivity contribution is 5.63. The number of hydrogen-bond acceptors (Lipinski definition) is 6. The number of alkyl halides is 3. The Kier molecular flexibility index (Phi) is 3.43. The van der Waals surface area contributed by atoms with Gasteiger partial charge < -0.3 is 20.6 Å². The third kappa shape index (κ3) is 3.25. The van der Waals surface area contributed by atoms with E-state index >= 15 is 0 Å². The molecule has 0 aliphatic rings. The van der Waals surface area contributed by atoms with Gasteiger partial charge in [0.1, 0.15) is 11.5 Å². The molecule has 0 amide bonds. The molecular weight excluding hydrogens is 313 g/mol. The number of fused-ring (bicyclic) bond motifs is 1. The summed E-state index contributed by atoms with van der Waals surface area (Å²) in [6, 6.07) is 3.38. The first-order valence-corrected chi connectivity index (χ1v) is 6.38. The lowest BCUT2D eigenvalue weighted by molar-refractivity contribution is -0.153. The zero-order valence-electron chi connectivity index (χ0n) is 11.6. The van der Waals surface area contributed by atoms with Crippen LogP contribution in [0.4, 0.5) is 24.8 Å². The van der Waals surface area contributed by atoms with Crippen LogP contribution >= 0.6 is 0 Å². The zero-order chi connectivity index (χ0) is 16.6. The molecule has 0 saturated carbocycles. The summed E-state index contributed by atoms with van der Waals surface area (Å²) in [6.45, 7) is -1.49. The summed E-state index contributed by atoms with van der Waals surface area (Å²) >= 11 is 0. The van der Waals surface area contributed by atoms with Gasteiger partial charge in [-0.2, -0.15) is 13.2 Å². The minimum absolute atomic E-state index is 0.217. The van der Waals surface area contributed by atoms with E-state index in [-0.39, 0.29) is 11.7 Å². The van der Waals surface area contributed by atoms with Gasteiger partial charge >= 0.3 is 6.18 Å². The molecule has 0 aromatic carbocycles. The Morgan fingerprint density at radius 2 is 1.91 bits per heavy atom. The lowest BCUT2D eigenvalue weighted by Crippen LogP contribution is -2.20. The second kappa shape index (κ2) is 5.30. The fraction of sp³-hybridized carbons (Fsp3) is 0.154. The molecule has 3 rings (SSSR count). The van der Waals surface area contributed by atoms with Gasteiger partial charge in [-0.15, -0.1) is 0 Å². The largest absolute Gasteiger partial charge is 0.465 e. The molecule has 0 unspecified atom stereocenters. The lowest BCUT2D eigenvalue weighted by atomic mass is 10.2. The van der Waals surface area contributed by atoms with Crippen molar-refractivity contribution in [1.82, 2.24) is 19.4 Å². The standard InChI is InChI=1S/C13H11F3N6O/c14-13(15,16)6-23-12-11(18)19-3-8(20-12)7-1-2-10-21-9(17)5-22(10)4-7/h1-5H,6,17H2,(H2,18,19). The number of nitrogens with two attached hydrogens (primary N) is 2. The summed E-state index contributed by atoms with van der Waals surface area (Å²) in [5.41, 5.74) is 12.6. The van der Waals surface area contributed by atoms with Gasteiger partial charge in [0.15, 0.2) is 12.4 Å². The van der Waals surface area contributed by atoms with Gasteiger partial charge in [-0.3, -0.25) is 0 Å². The number of hydrogen-bond donors (Lipinski definition) is 2. The molecule has 3 aromatic heterocycles. The van der Waals surface area contributed by atoms with Crippen molar-refractivity contribution in [3.8, 4) is 17.1 Å². The van der Waals surface area contributed by atoms with Crippen LogP contribution in [0.5, 0.6) is 5.88 Å². The fourth-order valence-electron chi connectivity index (χ4n) is 1.94. The molecule has 0 bridgehead atoms. The van der Waals surface area contributed by atoms with Crippen LogP contribution in [0.25, 0.3) is 16.9 Å². The number of anilines is 2. The predicted octanol–water partition coefficient (Wildman–Crippen LogP) is 1.90. The summed E-state index contributed by atoms with van der Waals surface area (Å²) in [4.78, 5) is 11.9. The Bertz CT molecular complexity index is 861. The highest BCUT2D eigenvalue weighted by Crippen LogP contribution is 2.25. The van der Waals surface area contributed by atoms with Crippen LogP contribution in [0, 0.1) is 0 Å². The number of pyridine rings is 1. The molecule has 3 aromatic rings. The first-order valence-electron chi connectivity index (χ1n) is 6.38. The molecule has 0 atom stereocenters. The number of nitrogen functional groups attached to an aromatic ring is 2. The Labute approximate surface area is 127 Å². The van der Waals surface area contributed by atoms with Crippen molar-refractivity contribution in [2.75, 3.05) is 18.1 Å². The van der Waals surface area contributed by atoms with E-state index in [0.29, 0.717) is 22.7 Å². The van der Waals surface area contributed by atoms with Gasteiger partial charge in [-0.25, -0.2) is 15.0 Å². The number of halogens is 3. The Morgan fingerprint density at radius 3 is 2.65 bits per heavy atom. The van der Waals surface area contributed by atoms with E-state index in [4.69, 9.17) is 11.5 Å². The van der Waals surface area contributed by atoms with Gasteiger partial charge in [-0.05, 0) is 12.1 Å². The van der Waals surface area contributed by atoms with E-state index in [2.05, 4.69) is 19.7 Å². The SMILES string of the molecule is Nc1cn2cc(-c3cnc(N)c(OCC(F)(F)F)n3)ccc2n1. The van der Waals surface area contributed by atoms with Crippen molar-refractivity contribution in [2.45, 2.75) is 6.18 Å². The van der Waals surface area contributed by atoms with Crippen LogP contribution in [0.1, 0.15) is 0 Å². The lowest BCUT2D eigenvalue weighted by Gasteiger charge is -2.11. The summed E-state index contributed by atoms with van der Waals surface area (Å²) in [6.07, 6.45) is 0.131. The number of nitrogens with zero attached hydrogens (tertiary/aromatic N) is 4. The number of aromatic nitrogens is 4. The van der Waals surface area contributed by atoms with E-state index in [1.165, 1.54) is 6.20 Å². The Hall–Kier alpha value is -3.04. The number of ether oxygens (including phenoxy) is 1. The van der Waals surface area contributed by atoms with Gasteiger partial charge in [0, 0.05) is 11.8 Å². The minimum atomic E-state index is -4.49. The van der Waals surface area contributed by atoms with Crippen molar-refractivity contribution >= 4 is 17.3 Å². The van der Waals surface area contributed by atoms with E-state index in [1.807, 2.05) is 0 Å². The molecule has 3 heterocycles. The summed E-state index contributed by atoms with van der Waals surface area (Å²) in [5.74, 6) is -0.240. The molecule has 7 nitrogen and oxygen atoms in total. The second-order valence-electron chi connectivity index (χ2n) is 4.70. The van der Waals surface area contributed by atoms with Crippen molar-refractivity contribution in [1.29, 1.82) is 0 Å². The number of rotatable bonds is 3. The predicted molar refractivity (Wildman–Crippen MR) is 76.6 cm³/mol. The molecule has 0 aliphatic heterocycles. The van der Waals surface area contributed by atoms with E-state index in [9.17, 15) is 13.2 Å². The summed E-state index contributed by atoms with van der Waals surface area (Å²) in [5, 5.41) is 0. The Morgan fingerprint density at radius 1 is 1.13 bits per heavy atom. The normalized spacial score (nSPS) is 11.8. The van der Waals surface area contributed by atoms with Gasteiger partial charge in [0.05, 0.1) is 18.1 Å². The van der Waals surface area contributed by atoms with Gasteiger partial charge in [0.2, 0.25) is 0 Å². The minimum Gasteiger partial charge on any atom is -0.465 e. The summed E-state index contributed by atoms with van der Waals surface area (Å²) < 4.78 is 43.0. The quantitative estimate of drug-likeness (QED) is 0.762. The molecule has 23 heavy (non-hydrogen) atoms. The van der Waals surface area contributed by atoms with Crippen LogP contribution in [-0.4, -0.2) is 32.1 Å². The highest BCUT2D eigenvalue weighted by atomic mass is 19.4. The smallest absolute Gasteiger partial charge is 0.422 e. The third-order valence-corrected chi connectivity index (χ3v) is 2.91. The monoisotopic (exact) mass is 324 g/mol. The second-order valence-corrected chi connectivity index (χ2v) is 4.70. The molecule has 0 radical (unpaired) electrons. The summed E-state index contributed by atoms with van der Waals surface area (Å²) in [7, 11) is 0.